The summed E-state index contributed by atoms with van der Waals surface area (Å²) >= 11 is 0. The third kappa shape index (κ3) is 3.21. The van der Waals surface area contributed by atoms with Crippen molar-refractivity contribution in [3.63, 3.8) is 0 Å². The van der Waals surface area contributed by atoms with Crippen LogP contribution in [0.15, 0.2) is 0 Å². The van der Waals surface area contributed by atoms with E-state index in [2.05, 4.69) is 33.0 Å². The summed E-state index contributed by atoms with van der Waals surface area (Å²) in [7, 11) is 1.87. The van der Waals surface area contributed by atoms with Crippen LogP contribution < -0.4 is 5.32 Å². The predicted octanol–water partition coefficient (Wildman–Crippen LogP) is 2.74. The summed E-state index contributed by atoms with van der Waals surface area (Å²) in [6.45, 7) is 11.3. The van der Waals surface area contributed by atoms with Gasteiger partial charge in [-0.1, -0.05) is 27.7 Å². The van der Waals surface area contributed by atoms with Crippen LogP contribution in [0.3, 0.4) is 0 Å². The molecule has 1 N–H and O–H groups in total. The van der Waals surface area contributed by atoms with Crippen molar-refractivity contribution < 1.29 is 9.53 Å². The average Bonchev–Trinajstić information content (AvgIpc) is 2.13. The van der Waals surface area contributed by atoms with Gasteiger partial charge in [-0.2, -0.15) is 0 Å². The highest BCUT2D eigenvalue weighted by Gasteiger charge is 2.51. The minimum absolute atomic E-state index is 0.0941. The Kier molecular flexibility index (Phi) is 3.92. The van der Waals surface area contributed by atoms with Gasteiger partial charge in [0.1, 0.15) is 5.54 Å². The molecule has 1 aliphatic carbocycles. The van der Waals surface area contributed by atoms with E-state index in [0.717, 1.165) is 19.3 Å². The van der Waals surface area contributed by atoms with Crippen LogP contribution in [0.4, 0.5) is 0 Å². The maximum absolute atomic E-state index is 12.2. The van der Waals surface area contributed by atoms with E-state index >= 15 is 0 Å². The molecule has 17 heavy (non-hydrogen) atoms. The predicted molar refractivity (Wildman–Crippen MR) is 69.8 cm³/mol. The molecule has 1 aliphatic rings. The number of carbonyl (C=O) groups excluding carboxylic acids is 1. The first-order valence-electron chi connectivity index (χ1n) is 6.53. The third-order valence-corrected chi connectivity index (χ3v) is 3.66. The Balaban J connectivity index is 3.02. The molecule has 0 amide bonds. The third-order valence-electron chi connectivity index (χ3n) is 3.66. The average molecular weight is 241 g/mol. The van der Waals surface area contributed by atoms with Gasteiger partial charge >= 0.3 is 5.97 Å². The van der Waals surface area contributed by atoms with Crippen molar-refractivity contribution in [2.45, 2.75) is 59.4 Å². The summed E-state index contributed by atoms with van der Waals surface area (Å²) < 4.78 is 5.26. The number of ether oxygens (including phenoxy) is 1. The molecule has 1 rings (SSSR count). The van der Waals surface area contributed by atoms with E-state index in [0.29, 0.717) is 6.61 Å². The Labute approximate surface area is 105 Å². The van der Waals surface area contributed by atoms with Gasteiger partial charge in [-0.05, 0) is 44.1 Å². The molecule has 0 heterocycles. The largest absolute Gasteiger partial charge is 0.465 e. The zero-order valence-corrected chi connectivity index (χ0v) is 12.1. The quantitative estimate of drug-likeness (QED) is 0.772. The maximum Gasteiger partial charge on any atom is 0.326 e. The van der Waals surface area contributed by atoms with Crippen LogP contribution in [-0.2, 0) is 9.53 Å². The number of nitrogens with one attached hydrogen (secondary N) is 1. The molecule has 0 aromatic rings. The van der Waals surface area contributed by atoms with Crippen LogP contribution in [0, 0.1) is 10.8 Å². The lowest BCUT2D eigenvalue weighted by molar-refractivity contribution is -0.157. The second kappa shape index (κ2) is 4.60. The Morgan fingerprint density at radius 1 is 1.12 bits per heavy atom. The first-order chi connectivity index (χ1) is 7.66. The van der Waals surface area contributed by atoms with Crippen molar-refractivity contribution in [2.24, 2.45) is 10.8 Å². The minimum Gasteiger partial charge on any atom is -0.465 e. The van der Waals surface area contributed by atoms with Crippen LogP contribution in [0.1, 0.15) is 53.9 Å². The molecule has 1 fully saturated rings. The summed E-state index contributed by atoms with van der Waals surface area (Å²) in [4.78, 5) is 12.2. The second-order valence-corrected chi connectivity index (χ2v) is 6.91. The number of hydrogen-bond donors (Lipinski definition) is 1. The molecule has 0 aromatic carbocycles. The van der Waals surface area contributed by atoms with E-state index in [4.69, 9.17) is 4.74 Å². The molecule has 0 unspecified atom stereocenters. The van der Waals surface area contributed by atoms with Crippen LogP contribution in [-0.4, -0.2) is 25.2 Å². The summed E-state index contributed by atoms with van der Waals surface area (Å²) in [6, 6.07) is 0. The van der Waals surface area contributed by atoms with E-state index in [-0.39, 0.29) is 16.8 Å². The van der Waals surface area contributed by atoms with Crippen LogP contribution in [0.25, 0.3) is 0 Å². The molecule has 0 saturated heterocycles. The summed E-state index contributed by atoms with van der Waals surface area (Å²) in [6.07, 6.45) is 2.83. The second-order valence-electron chi connectivity index (χ2n) is 6.91. The van der Waals surface area contributed by atoms with Gasteiger partial charge in [0.05, 0.1) is 6.61 Å². The van der Waals surface area contributed by atoms with Crippen molar-refractivity contribution in [1.82, 2.24) is 5.32 Å². The van der Waals surface area contributed by atoms with Gasteiger partial charge in [0, 0.05) is 0 Å². The lowest BCUT2D eigenvalue weighted by Crippen LogP contribution is -2.59. The molecule has 1 saturated carbocycles. The van der Waals surface area contributed by atoms with E-state index < -0.39 is 5.54 Å². The molecule has 0 radical (unpaired) electrons. The molecule has 0 spiro atoms. The molecule has 0 aromatic heterocycles. The minimum atomic E-state index is -0.513. The molecule has 100 valence electrons. The van der Waals surface area contributed by atoms with Gasteiger partial charge in [0.15, 0.2) is 0 Å². The van der Waals surface area contributed by atoms with Crippen molar-refractivity contribution in [3.8, 4) is 0 Å². The first-order valence-corrected chi connectivity index (χ1v) is 6.53. The van der Waals surface area contributed by atoms with Gasteiger partial charge in [-0.3, -0.25) is 4.79 Å². The van der Waals surface area contributed by atoms with Crippen LogP contribution >= 0.6 is 0 Å². The van der Waals surface area contributed by atoms with Crippen LogP contribution in [0.5, 0.6) is 0 Å². The van der Waals surface area contributed by atoms with Gasteiger partial charge in [0.2, 0.25) is 0 Å². The van der Waals surface area contributed by atoms with Gasteiger partial charge < -0.3 is 10.1 Å². The molecule has 0 bridgehead atoms. The Morgan fingerprint density at radius 2 is 1.59 bits per heavy atom. The fraction of sp³-hybridized carbons (Fsp3) is 0.929. The molecule has 3 nitrogen and oxygen atoms in total. The fourth-order valence-electron chi connectivity index (χ4n) is 3.81. The van der Waals surface area contributed by atoms with Gasteiger partial charge in [0.25, 0.3) is 0 Å². The fourth-order valence-corrected chi connectivity index (χ4v) is 3.81. The first kappa shape index (κ1) is 14.5. The topological polar surface area (TPSA) is 38.3 Å². The SMILES string of the molecule is CCOC(=O)C1(NC)CC(C)(C)CC(C)(C)C1. The monoisotopic (exact) mass is 241 g/mol. The number of esters is 1. The Bertz CT molecular complexity index is 279. The maximum atomic E-state index is 12.2. The number of rotatable bonds is 3. The molecular formula is C14H27NO2. The Morgan fingerprint density at radius 3 is 1.94 bits per heavy atom. The van der Waals surface area contributed by atoms with Gasteiger partial charge in [-0.15, -0.1) is 0 Å². The normalized spacial score (nSPS) is 25.3. The van der Waals surface area contributed by atoms with Crippen molar-refractivity contribution in [3.05, 3.63) is 0 Å². The smallest absolute Gasteiger partial charge is 0.326 e. The zero-order chi connectivity index (χ0) is 13.3. The van der Waals surface area contributed by atoms with Crippen molar-refractivity contribution in [1.29, 1.82) is 0 Å². The van der Waals surface area contributed by atoms with Crippen molar-refractivity contribution >= 4 is 5.97 Å². The summed E-state index contributed by atoms with van der Waals surface area (Å²) in [5.74, 6) is -0.0941. The summed E-state index contributed by atoms with van der Waals surface area (Å²) in [5, 5.41) is 3.24. The lowest BCUT2D eigenvalue weighted by atomic mass is 9.58. The molecule has 3 heteroatoms. The highest BCUT2D eigenvalue weighted by atomic mass is 16.5. The lowest BCUT2D eigenvalue weighted by Gasteiger charge is -2.50. The van der Waals surface area contributed by atoms with E-state index in [9.17, 15) is 4.79 Å². The Hall–Kier alpha value is -0.570. The number of hydrogen-bond acceptors (Lipinski definition) is 3. The van der Waals surface area contributed by atoms with Crippen molar-refractivity contribution in [2.75, 3.05) is 13.7 Å². The number of carbonyl (C=O) groups is 1. The van der Waals surface area contributed by atoms with Crippen LogP contribution in [0.2, 0.25) is 0 Å². The van der Waals surface area contributed by atoms with Gasteiger partial charge in [-0.25, -0.2) is 0 Å². The standard InChI is InChI=1S/C14H27NO2/c1-7-17-11(16)14(15-6)9-12(2,3)8-13(4,5)10-14/h15H,7-10H2,1-6H3. The molecule has 0 atom stereocenters. The van der Waals surface area contributed by atoms with E-state index in [1.165, 1.54) is 0 Å². The molecule has 0 aliphatic heterocycles. The zero-order valence-electron chi connectivity index (χ0n) is 12.1. The molecular weight excluding hydrogens is 214 g/mol. The van der Waals surface area contributed by atoms with E-state index in [1.807, 2.05) is 14.0 Å². The highest BCUT2D eigenvalue weighted by Crippen LogP contribution is 2.50. The van der Waals surface area contributed by atoms with E-state index in [1.54, 1.807) is 0 Å². The number of likely N-dealkylation sites (N-methyl/N-ethyl adjacent to an activating group) is 1. The highest BCUT2D eigenvalue weighted by molar-refractivity contribution is 5.81. The summed E-state index contributed by atoms with van der Waals surface area (Å²) in [5.41, 5.74) is -0.184.